The first-order valence-corrected chi connectivity index (χ1v) is 15.6. The lowest BCUT2D eigenvalue weighted by atomic mass is 9.94. The Morgan fingerprint density at radius 2 is 1.65 bits per heavy atom. The van der Waals surface area contributed by atoms with E-state index in [0.717, 1.165) is 16.0 Å². The fourth-order valence-corrected chi connectivity index (χ4v) is 6.39. The Balaban J connectivity index is 1.49. The second-order valence-corrected chi connectivity index (χ2v) is 12.1. The van der Waals surface area contributed by atoms with Crippen LogP contribution in [0.5, 0.6) is 5.75 Å². The van der Waals surface area contributed by atoms with Crippen molar-refractivity contribution in [2.45, 2.75) is 19.0 Å². The Bertz CT molecular complexity index is 1510. The van der Waals surface area contributed by atoms with Gasteiger partial charge >= 0.3 is 6.03 Å². The van der Waals surface area contributed by atoms with Gasteiger partial charge in [-0.1, -0.05) is 47.5 Å². The van der Waals surface area contributed by atoms with Gasteiger partial charge in [0.25, 0.3) is 0 Å². The number of benzene rings is 2. The second kappa shape index (κ2) is 13.8. The molecule has 0 aliphatic carbocycles. The largest absolute Gasteiger partial charge is 0.492 e. The van der Waals surface area contributed by atoms with Gasteiger partial charge in [-0.05, 0) is 53.8 Å². The number of aliphatic imine (C=N–C) groups is 1. The smallest absolute Gasteiger partial charge is 0.326 e. The van der Waals surface area contributed by atoms with Gasteiger partial charge in [0.15, 0.2) is 5.84 Å². The molecular formula is C31H32Cl2N6O3S. The molecule has 0 spiro atoms. The number of halogens is 2. The van der Waals surface area contributed by atoms with E-state index in [4.69, 9.17) is 38.2 Å². The number of piperazine rings is 1. The molecule has 0 N–H and O–H groups in total. The molecule has 1 fully saturated rings. The summed E-state index contributed by atoms with van der Waals surface area (Å²) in [5, 5.41) is 12.1. The molecule has 2 aromatic carbocycles. The normalized spacial score (nSPS) is 18.7. The molecule has 2 aliphatic rings. The summed E-state index contributed by atoms with van der Waals surface area (Å²) in [7, 11) is 1.62. The molecule has 43 heavy (non-hydrogen) atoms. The number of hydrogen-bond donors (Lipinski definition) is 0. The third kappa shape index (κ3) is 6.81. The fourth-order valence-electron chi connectivity index (χ4n) is 5.31. The molecule has 0 unspecified atom stereocenters. The molecule has 0 bridgehead atoms. The van der Waals surface area contributed by atoms with E-state index in [1.807, 2.05) is 82.8 Å². The van der Waals surface area contributed by atoms with Crippen molar-refractivity contribution in [2.75, 3.05) is 52.9 Å². The first-order valence-electron chi connectivity index (χ1n) is 14.0. The van der Waals surface area contributed by atoms with Crippen molar-refractivity contribution >= 4 is 52.3 Å². The Hall–Kier alpha value is -3.62. The standard InChI is InChI=1S/C31H32Cl2N6O3S/c1-3-42-25-12-19-43-29(25)30-35-27(21-4-8-23(32)9-5-21)28(22-6-10-24(33)11-7-22)39(30)31(41)38-17-15-37(16-18-38)20-26(40)36(2)14-13-34/h4-12,19,27-28H,3,14-18,20H2,1-2H3/t27-,28+/m0/s1. The first-order chi connectivity index (χ1) is 20.8. The predicted octanol–water partition coefficient (Wildman–Crippen LogP) is 5.72. The molecule has 12 heteroatoms. The van der Waals surface area contributed by atoms with E-state index in [2.05, 4.69) is 0 Å². The molecule has 2 aliphatic heterocycles. The van der Waals surface area contributed by atoms with E-state index in [-0.39, 0.29) is 25.0 Å². The molecule has 5 rings (SSSR count). The first kappa shape index (κ1) is 30.8. The van der Waals surface area contributed by atoms with Crippen LogP contribution in [0.3, 0.4) is 0 Å². The number of carbonyl (C=O) groups excluding carboxylic acids is 2. The summed E-state index contributed by atoms with van der Waals surface area (Å²) in [6, 6.07) is 18.0. The summed E-state index contributed by atoms with van der Waals surface area (Å²) >= 11 is 14.0. The zero-order valence-corrected chi connectivity index (χ0v) is 26.3. The highest BCUT2D eigenvalue weighted by molar-refractivity contribution is 7.12. The van der Waals surface area contributed by atoms with Crippen LogP contribution in [0.4, 0.5) is 4.79 Å². The topological polar surface area (TPSA) is 92.5 Å². The van der Waals surface area contributed by atoms with Crippen LogP contribution in [-0.4, -0.2) is 90.3 Å². The zero-order chi connectivity index (χ0) is 30.5. The molecule has 2 atom stereocenters. The molecule has 0 radical (unpaired) electrons. The lowest BCUT2D eigenvalue weighted by molar-refractivity contribution is -0.130. The summed E-state index contributed by atoms with van der Waals surface area (Å²) in [4.78, 5) is 40.1. The number of thiophene rings is 1. The average Bonchev–Trinajstić information content (AvgIpc) is 3.63. The van der Waals surface area contributed by atoms with Crippen molar-refractivity contribution in [3.63, 3.8) is 0 Å². The van der Waals surface area contributed by atoms with Gasteiger partial charge < -0.3 is 14.5 Å². The van der Waals surface area contributed by atoms with Gasteiger partial charge in [-0.15, -0.1) is 11.3 Å². The molecule has 0 saturated carbocycles. The predicted molar refractivity (Wildman–Crippen MR) is 169 cm³/mol. The van der Waals surface area contributed by atoms with Crippen molar-refractivity contribution in [1.82, 2.24) is 19.6 Å². The van der Waals surface area contributed by atoms with Gasteiger partial charge in [-0.3, -0.25) is 19.6 Å². The van der Waals surface area contributed by atoms with E-state index in [0.29, 0.717) is 54.4 Å². The molecular weight excluding hydrogens is 607 g/mol. The van der Waals surface area contributed by atoms with Crippen LogP contribution >= 0.6 is 34.5 Å². The highest BCUT2D eigenvalue weighted by Crippen LogP contribution is 2.46. The van der Waals surface area contributed by atoms with Gasteiger partial charge in [0.2, 0.25) is 5.91 Å². The number of nitrogens with zero attached hydrogens (tertiary/aromatic N) is 6. The highest BCUT2D eigenvalue weighted by atomic mass is 35.5. The lowest BCUT2D eigenvalue weighted by Crippen LogP contribution is -2.55. The minimum atomic E-state index is -0.447. The van der Waals surface area contributed by atoms with Crippen molar-refractivity contribution < 1.29 is 14.3 Å². The molecule has 3 heterocycles. The van der Waals surface area contributed by atoms with Crippen LogP contribution in [0, 0.1) is 11.3 Å². The molecule has 9 nitrogen and oxygen atoms in total. The van der Waals surface area contributed by atoms with Crippen molar-refractivity contribution in [3.05, 3.63) is 86.0 Å². The van der Waals surface area contributed by atoms with Crippen LogP contribution in [0.15, 0.2) is 65.0 Å². The molecule has 3 aromatic rings. The average molecular weight is 640 g/mol. The highest BCUT2D eigenvalue weighted by Gasteiger charge is 2.45. The molecule has 3 amide bonds. The third-order valence-electron chi connectivity index (χ3n) is 7.56. The third-order valence-corrected chi connectivity index (χ3v) is 8.96. The Morgan fingerprint density at radius 1 is 1.02 bits per heavy atom. The summed E-state index contributed by atoms with van der Waals surface area (Å²) in [6.45, 7) is 4.62. The summed E-state index contributed by atoms with van der Waals surface area (Å²) < 4.78 is 5.94. The monoisotopic (exact) mass is 638 g/mol. The van der Waals surface area contributed by atoms with Crippen molar-refractivity contribution in [3.8, 4) is 11.8 Å². The molecule has 224 valence electrons. The van der Waals surface area contributed by atoms with Crippen LogP contribution < -0.4 is 4.74 Å². The van der Waals surface area contributed by atoms with Gasteiger partial charge in [-0.2, -0.15) is 5.26 Å². The summed E-state index contributed by atoms with van der Waals surface area (Å²) in [6.07, 6.45) is 0. The lowest BCUT2D eigenvalue weighted by Gasteiger charge is -2.39. The maximum atomic E-state index is 14.5. The minimum absolute atomic E-state index is 0.0433. The number of likely N-dealkylation sites (N-methyl/N-ethyl adjacent to an activating group) is 1. The Kier molecular flexibility index (Phi) is 9.88. The van der Waals surface area contributed by atoms with E-state index in [1.54, 1.807) is 11.9 Å². The fraction of sp³-hybridized carbons (Fsp3) is 0.355. The van der Waals surface area contributed by atoms with Gasteiger partial charge in [0.05, 0.1) is 25.3 Å². The van der Waals surface area contributed by atoms with Crippen LogP contribution in [0.2, 0.25) is 10.0 Å². The van der Waals surface area contributed by atoms with E-state index >= 15 is 0 Å². The van der Waals surface area contributed by atoms with Crippen LogP contribution in [0.1, 0.15) is 35.0 Å². The number of nitriles is 1. The van der Waals surface area contributed by atoms with Gasteiger partial charge in [-0.25, -0.2) is 4.79 Å². The summed E-state index contributed by atoms with van der Waals surface area (Å²) in [5.74, 6) is 1.12. The second-order valence-electron chi connectivity index (χ2n) is 10.3. The number of hydrogen-bond acceptors (Lipinski definition) is 7. The van der Waals surface area contributed by atoms with Crippen LogP contribution in [0.25, 0.3) is 0 Å². The Labute approximate surface area is 265 Å². The number of rotatable bonds is 8. The van der Waals surface area contributed by atoms with Crippen molar-refractivity contribution in [2.24, 2.45) is 4.99 Å². The molecule has 1 saturated heterocycles. The van der Waals surface area contributed by atoms with E-state index < -0.39 is 12.1 Å². The number of urea groups is 1. The van der Waals surface area contributed by atoms with E-state index in [1.165, 1.54) is 16.2 Å². The van der Waals surface area contributed by atoms with Crippen molar-refractivity contribution in [1.29, 1.82) is 5.26 Å². The maximum Gasteiger partial charge on any atom is 0.326 e. The molecule has 1 aromatic heterocycles. The zero-order valence-electron chi connectivity index (χ0n) is 24.0. The van der Waals surface area contributed by atoms with Gasteiger partial charge in [0.1, 0.15) is 23.2 Å². The van der Waals surface area contributed by atoms with E-state index in [9.17, 15) is 9.59 Å². The minimum Gasteiger partial charge on any atom is -0.492 e. The van der Waals surface area contributed by atoms with Crippen LogP contribution in [-0.2, 0) is 4.79 Å². The summed E-state index contributed by atoms with van der Waals surface area (Å²) in [5.41, 5.74) is 1.83. The quantitative estimate of drug-likeness (QED) is 0.294. The number of amidine groups is 1. The number of carbonyl (C=O) groups is 2. The van der Waals surface area contributed by atoms with Gasteiger partial charge in [0, 0.05) is 43.3 Å². The maximum absolute atomic E-state index is 14.5. The number of amides is 3. The SMILES string of the molecule is CCOc1ccsc1C1=N[C@@H](c2ccc(Cl)cc2)[C@@H](c2ccc(Cl)cc2)N1C(=O)N1CCN(CC(=O)N(C)CC#N)CC1. The Morgan fingerprint density at radius 3 is 2.26 bits per heavy atom. The number of ether oxygens (including phenoxy) is 1.